The van der Waals surface area contributed by atoms with Gasteiger partial charge >= 0.3 is 0 Å². The van der Waals surface area contributed by atoms with Gasteiger partial charge in [-0.15, -0.1) is 22.7 Å². The van der Waals surface area contributed by atoms with E-state index in [2.05, 4.69) is 31.7 Å². The van der Waals surface area contributed by atoms with Gasteiger partial charge in [0.15, 0.2) is 5.79 Å². The lowest BCUT2D eigenvalue weighted by Gasteiger charge is -2.39. The number of benzene rings is 1. The molecule has 1 amide bonds. The molecule has 1 spiro atoms. The largest absolute Gasteiger partial charge is 0.399 e. The van der Waals surface area contributed by atoms with Gasteiger partial charge in [0.1, 0.15) is 10.7 Å². The summed E-state index contributed by atoms with van der Waals surface area (Å²) in [5.41, 5.74) is 9.49. The lowest BCUT2D eigenvalue weighted by atomic mass is 10.0. The minimum absolute atomic E-state index is 0.272. The number of thiazole rings is 1. The first kappa shape index (κ1) is 23.2. The Labute approximate surface area is 216 Å². The fourth-order valence-electron chi connectivity index (χ4n) is 4.62. The molecule has 0 saturated carbocycles. The zero-order valence-electron chi connectivity index (χ0n) is 19.6. The molecule has 11 heteroatoms. The normalized spacial score (nSPS) is 17.1. The number of anilines is 3. The molecule has 9 nitrogen and oxygen atoms in total. The summed E-state index contributed by atoms with van der Waals surface area (Å²) in [6.45, 7) is 3.54. The Bertz CT molecular complexity index is 1350. The molecule has 3 N–H and O–H groups in total. The van der Waals surface area contributed by atoms with Crippen LogP contribution < -0.4 is 16.0 Å². The first-order valence-electron chi connectivity index (χ1n) is 11.8. The fraction of sp³-hybridized carbons (Fsp3) is 0.320. The van der Waals surface area contributed by atoms with Crippen LogP contribution in [0.2, 0.25) is 0 Å². The molecular formula is C25H26N6O3S2. The van der Waals surface area contributed by atoms with Crippen LogP contribution >= 0.6 is 22.7 Å². The Balaban J connectivity index is 1.15. The number of piperidine rings is 1. The molecule has 1 aromatic carbocycles. The number of nitrogens with two attached hydrogens (primary N) is 1. The maximum absolute atomic E-state index is 13.1. The Morgan fingerprint density at radius 1 is 1.17 bits per heavy atom. The topological polar surface area (TPSA) is 108 Å². The van der Waals surface area contributed by atoms with Gasteiger partial charge in [-0.3, -0.25) is 9.48 Å². The van der Waals surface area contributed by atoms with E-state index in [0.29, 0.717) is 36.8 Å². The number of aromatic nitrogens is 3. The van der Waals surface area contributed by atoms with Gasteiger partial charge < -0.3 is 25.4 Å². The van der Waals surface area contributed by atoms with Crippen LogP contribution in [0.15, 0.2) is 53.5 Å². The van der Waals surface area contributed by atoms with Crippen molar-refractivity contribution in [3.63, 3.8) is 0 Å². The van der Waals surface area contributed by atoms with E-state index >= 15 is 0 Å². The molecule has 0 unspecified atom stereocenters. The van der Waals surface area contributed by atoms with E-state index in [9.17, 15) is 4.79 Å². The van der Waals surface area contributed by atoms with Crippen LogP contribution in [0.5, 0.6) is 0 Å². The third-order valence-corrected chi connectivity index (χ3v) is 8.22. The van der Waals surface area contributed by atoms with Gasteiger partial charge in [-0.1, -0.05) is 6.07 Å². The minimum atomic E-state index is -0.456. The molecule has 3 aromatic heterocycles. The van der Waals surface area contributed by atoms with Crippen LogP contribution in [-0.4, -0.2) is 52.8 Å². The molecule has 4 aromatic rings. The molecule has 186 valence electrons. The minimum Gasteiger partial charge on any atom is -0.399 e. The van der Waals surface area contributed by atoms with Gasteiger partial charge in [0, 0.05) is 53.6 Å². The van der Waals surface area contributed by atoms with Gasteiger partial charge in [0.2, 0.25) is 0 Å². The van der Waals surface area contributed by atoms with Gasteiger partial charge in [-0.25, -0.2) is 4.98 Å². The van der Waals surface area contributed by atoms with Crippen LogP contribution in [-0.2, 0) is 16.0 Å². The maximum Gasteiger partial charge on any atom is 0.275 e. The highest BCUT2D eigenvalue weighted by atomic mass is 32.1. The van der Waals surface area contributed by atoms with E-state index in [0.717, 1.165) is 42.2 Å². The SMILES string of the molecule is Nc1ccc(N2CCC3(CC2)OCCO3)c(NC(=O)c2csc(-c3cnn(Cc4cccs4)c3)n2)c1. The standard InChI is InChI=1S/C25H26N6O3S2/c26-18-3-4-22(30-7-5-25(6-8-30)33-9-10-34-25)20(12-18)28-23(32)21-16-36-24(29-21)17-13-27-31(14-17)15-19-2-1-11-35-19/h1-4,11-14,16H,5-10,15,26H2,(H,28,32). The van der Waals surface area contributed by atoms with Gasteiger partial charge in [-0.05, 0) is 29.6 Å². The quantitative estimate of drug-likeness (QED) is 0.364. The van der Waals surface area contributed by atoms with E-state index in [-0.39, 0.29) is 5.91 Å². The predicted molar refractivity (Wildman–Crippen MR) is 142 cm³/mol. The molecule has 2 aliphatic heterocycles. The molecule has 0 atom stereocenters. The van der Waals surface area contributed by atoms with Crippen LogP contribution in [0.25, 0.3) is 10.6 Å². The second kappa shape index (κ2) is 9.66. The van der Waals surface area contributed by atoms with E-state index < -0.39 is 5.79 Å². The van der Waals surface area contributed by atoms with Crippen molar-refractivity contribution in [2.45, 2.75) is 25.2 Å². The fourth-order valence-corrected chi connectivity index (χ4v) is 6.09. The van der Waals surface area contributed by atoms with Crippen LogP contribution in [0.1, 0.15) is 28.2 Å². The number of carbonyl (C=O) groups is 1. The molecule has 36 heavy (non-hydrogen) atoms. The maximum atomic E-state index is 13.1. The molecule has 0 radical (unpaired) electrons. The number of carbonyl (C=O) groups excluding carboxylic acids is 1. The summed E-state index contributed by atoms with van der Waals surface area (Å²) in [4.78, 5) is 21.2. The molecule has 2 saturated heterocycles. The van der Waals surface area contributed by atoms with Gasteiger partial charge in [0.05, 0.1) is 37.3 Å². The molecule has 2 aliphatic rings. The average molecular weight is 523 g/mol. The van der Waals surface area contributed by atoms with E-state index in [1.807, 2.05) is 29.1 Å². The van der Waals surface area contributed by atoms with Crippen molar-refractivity contribution in [1.82, 2.24) is 14.8 Å². The van der Waals surface area contributed by atoms with Crippen molar-refractivity contribution in [1.29, 1.82) is 0 Å². The number of hydrogen-bond donors (Lipinski definition) is 2. The van der Waals surface area contributed by atoms with E-state index in [1.165, 1.54) is 16.2 Å². The first-order chi connectivity index (χ1) is 17.6. The zero-order chi connectivity index (χ0) is 24.5. The summed E-state index contributed by atoms with van der Waals surface area (Å²) >= 11 is 3.12. The molecule has 0 aliphatic carbocycles. The predicted octanol–water partition coefficient (Wildman–Crippen LogP) is 4.29. The Kier molecular flexibility index (Phi) is 6.22. The number of hydrogen-bond acceptors (Lipinski definition) is 9. The lowest BCUT2D eigenvalue weighted by Crippen LogP contribution is -2.45. The smallest absolute Gasteiger partial charge is 0.275 e. The summed E-state index contributed by atoms with van der Waals surface area (Å²) in [6, 6.07) is 9.71. The van der Waals surface area contributed by atoms with Crippen molar-refractivity contribution < 1.29 is 14.3 Å². The lowest BCUT2D eigenvalue weighted by molar-refractivity contribution is -0.169. The molecule has 6 rings (SSSR count). The number of rotatable bonds is 6. The molecule has 5 heterocycles. The van der Waals surface area contributed by atoms with Crippen molar-refractivity contribution >= 4 is 45.6 Å². The molecular weight excluding hydrogens is 496 g/mol. The zero-order valence-corrected chi connectivity index (χ0v) is 21.2. The number of ether oxygens (including phenoxy) is 2. The van der Waals surface area contributed by atoms with Crippen molar-refractivity contribution in [3.8, 4) is 10.6 Å². The van der Waals surface area contributed by atoms with Crippen LogP contribution in [0.4, 0.5) is 17.1 Å². The monoisotopic (exact) mass is 522 g/mol. The van der Waals surface area contributed by atoms with Crippen molar-refractivity contribution in [2.75, 3.05) is 42.3 Å². The van der Waals surface area contributed by atoms with Crippen molar-refractivity contribution in [3.05, 3.63) is 64.1 Å². The number of nitrogen functional groups attached to an aromatic ring is 1. The average Bonchev–Trinajstić information content (AvgIpc) is 3.69. The van der Waals surface area contributed by atoms with E-state index in [4.69, 9.17) is 15.2 Å². The highest BCUT2D eigenvalue weighted by molar-refractivity contribution is 7.13. The van der Waals surface area contributed by atoms with Crippen molar-refractivity contribution in [2.24, 2.45) is 0 Å². The second-order valence-corrected chi connectivity index (χ2v) is 10.8. The van der Waals surface area contributed by atoms with E-state index in [1.54, 1.807) is 29.0 Å². The third-order valence-electron chi connectivity index (χ3n) is 6.46. The van der Waals surface area contributed by atoms with Crippen LogP contribution in [0.3, 0.4) is 0 Å². The third kappa shape index (κ3) is 4.74. The number of amides is 1. The second-order valence-electron chi connectivity index (χ2n) is 8.87. The van der Waals surface area contributed by atoms with Gasteiger partial charge in [0.25, 0.3) is 5.91 Å². The summed E-state index contributed by atoms with van der Waals surface area (Å²) in [7, 11) is 0. The summed E-state index contributed by atoms with van der Waals surface area (Å²) in [5, 5.41) is 12.0. The Morgan fingerprint density at radius 2 is 2.00 bits per heavy atom. The summed E-state index contributed by atoms with van der Waals surface area (Å²) in [5.74, 6) is -0.728. The number of nitrogens with zero attached hydrogens (tertiary/aromatic N) is 4. The highest BCUT2D eigenvalue weighted by Crippen LogP contribution is 2.36. The first-order valence-corrected chi connectivity index (χ1v) is 13.6. The highest BCUT2D eigenvalue weighted by Gasteiger charge is 2.40. The summed E-state index contributed by atoms with van der Waals surface area (Å²) < 4.78 is 13.6. The van der Waals surface area contributed by atoms with Crippen LogP contribution in [0, 0.1) is 0 Å². The number of thiophene rings is 1. The Morgan fingerprint density at radius 3 is 2.78 bits per heavy atom. The molecule has 0 bridgehead atoms. The number of nitrogens with one attached hydrogen (secondary N) is 1. The molecule has 2 fully saturated rings. The summed E-state index contributed by atoms with van der Waals surface area (Å²) in [6.07, 6.45) is 5.29. The Hall–Kier alpha value is -3.25. The van der Waals surface area contributed by atoms with Gasteiger partial charge in [-0.2, -0.15) is 5.10 Å².